The molecule has 2 rings (SSSR count). The molecule has 1 aliphatic rings. The van der Waals surface area contributed by atoms with Crippen LogP contribution in [0.4, 0.5) is 0 Å². The summed E-state index contributed by atoms with van der Waals surface area (Å²) in [6.45, 7) is 5.87. The lowest BCUT2D eigenvalue weighted by Gasteiger charge is -2.33. The van der Waals surface area contributed by atoms with E-state index in [1.807, 2.05) is 44.2 Å². The number of carbonyl (C=O) groups is 2. The molecular weight excluding hydrogens is 338 g/mol. The Kier molecular flexibility index (Phi) is 7.90. The molecule has 1 saturated heterocycles. The Hall–Kier alpha value is -1.59. The van der Waals surface area contributed by atoms with Crippen molar-refractivity contribution in [3.8, 4) is 0 Å². The number of amides is 2. The minimum absolute atomic E-state index is 0. The Morgan fingerprint density at radius 2 is 1.92 bits per heavy atom. The maximum absolute atomic E-state index is 12.8. The van der Waals surface area contributed by atoms with E-state index in [9.17, 15) is 9.59 Å². The van der Waals surface area contributed by atoms with Gasteiger partial charge in [-0.25, -0.2) is 0 Å². The predicted molar refractivity (Wildman–Crippen MR) is 103 cm³/mol. The Morgan fingerprint density at radius 1 is 1.28 bits per heavy atom. The summed E-state index contributed by atoms with van der Waals surface area (Å²) >= 11 is 0. The van der Waals surface area contributed by atoms with Crippen LogP contribution in [0.2, 0.25) is 0 Å². The molecule has 25 heavy (non-hydrogen) atoms. The third-order valence-electron chi connectivity index (χ3n) is 4.65. The number of hydrogen-bond donors (Lipinski definition) is 1. The van der Waals surface area contributed by atoms with E-state index in [1.54, 1.807) is 16.8 Å². The highest BCUT2D eigenvalue weighted by molar-refractivity contribution is 5.89. The Morgan fingerprint density at radius 3 is 2.52 bits per heavy atom. The van der Waals surface area contributed by atoms with E-state index in [-0.39, 0.29) is 35.7 Å². The summed E-state index contributed by atoms with van der Waals surface area (Å²) in [5, 5.41) is 0. The molecule has 2 amide bonds. The summed E-state index contributed by atoms with van der Waals surface area (Å²) in [4.78, 5) is 28.9. The minimum atomic E-state index is -0.334. The molecular formula is C19H30ClN3O2. The first-order valence-corrected chi connectivity index (χ1v) is 8.62. The summed E-state index contributed by atoms with van der Waals surface area (Å²) in [7, 11) is 1.80. The quantitative estimate of drug-likeness (QED) is 0.837. The molecule has 1 atom stereocenters. The molecule has 0 bridgehead atoms. The number of likely N-dealkylation sites (N-methyl/N-ethyl adjacent to an activating group) is 1. The summed E-state index contributed by atoms with van der Waals surface area (Å²) < 4.78 is 0. The van der Waals surface area contributed by atoms with Crippen LogP contribution in [-0.2, 0) is 16.0 Å². The van der Waals surface area contributed by atoms with Crippen molar-refractivity contribution >= 4 is 24.2 Å². The average molecular weight is 368 g/mol. The average Bonchev–Trinajstić information content (AvgIpc) is 3.04. The van der Waals surface area contributed by atoms with Gasteiger partial charge in [-0.1, -0.05) is 44.2 Å². The third-order valence-corrected chi connectivity index (χ3v) is 4.65. The standard InChI is InChI=1S/C19H29N3O2.ClH/c1-19(2,13-20)14-21(3)18(24)16-10-7-11-22(16)17(23)12-15-8-5-4-6-9-15;/h4-6,8-9,16H,7,10-14,20H2,1-3H3;1H. The molecule has 0 radical (unpaired) electrons. The van der Waals surface area contributed by atoms with E-state index < -0.39 is 0 Å². The first kappa shape index (κ1) is 21.5. The topological polar surface area (TPSA) is 66.6 Å². The zero-order valence-corrected chi connectivity index (χ0v) is 16.2. The fourth-order valence-corrected chi connectivity index (χ4v) is 3.23. The van der Waals surface area contributed by atoms with Crippen LogP contribution in [0.5, 0.6) is 0 Å². The van der Waals surface area contributed by atoms with Crippen LogP contribution in [0.15, 0.2) is 30.3 Å². The van der Waals surface area contributed by atoms with Gasteiger partial charge in [-0.15, -0.1) is 12.4 Å². The van der Waals surface area contributed by atoms with Gasteiger partial charge in [0.1, 0.15) is 6.04 Å². The highest BCUT2D eigenvalue weighted by atomic mass is 35.5. The molecule has 1 heterocycles. The van der Waals surface area contributed by atoms with Gasteiger partial charge in [-0.3, -0.25) is 9.59 Å². The molecule has 5 nitrogen and oxygen atoms in total. The molecule has 0 spiro atoms. The van der Waals surface area contributed by atoms with Gasteiger partial charge in [0.25, 0.3) is 0 Å². The fourth-order valence-electron chi connectivity index (χ4n) is 3.23. The molecule has 0 aromatic heterocycles. The second-order valence-corrected chi connectivity index (χ2v) is 7.47. The number of halogens is 1. The zero-order valence-electron chi connectivity index (χ0n) is 15.4. The number of nitrogens with two attached hydrogens (primary N) is 1. The smallest absolute Gasteiger partial charge is 0.245 e. The predicted octanol–water partition coefficient (Wildman–Crippen LogP) is 2.09. The van der Waals surface area contributed by atoms with Gasteiger partial charge in [0, 0.05) is 20.1 Å². The summed E-state index contributed by atoms with van der Waals surface area (Å²) in [6.07, 6.45) is 1.97. The largest absolute Gasteiger partial charge is 0.343 e. The molecule has 0 saturated carbocycles. The molecule has 1 aromatic rings. The summed E-state index contributed by atoms with van der Waals surface area (Å²) in [5.41, 5.74) is 6.63. The van der Waals surface area contributed by atoms with Gasteiger partial charge in [-0.2, -0.15) is 0 Å². The van der Waals surface area contributed by atoms with Crippen molar-refractivity contribution in [1.29, 1.82) is 0 Å². The van der Waals surface area contributed by atoms with Gasteiger partial charge < -0.3 is 15.5 Å². The first-order chi connectivity index (χ1) is 11.3. The number of carbonyl (C=O) groups excluding carboxylic acids is 2. The highest BCUT2D eigenvalue weighted by Crippen LogP contribution is 2.22. The van der Waals surface area contributed by atoms with Crippen LogP contribution in [0.25, 0.3) is 0 Å². The van der Waals surface area contributed by atoms with Crippen LogP contribution < -0.4 is 5.73 Å². The zero-order chi connectivity index (χ0) is 17.7. The van der Waals surface area contributed by atoms with Crippen molar-refractivity contribution in [3.05, 3.63) is 35.9 Å². The van der Waals surface area contributed by atoms with Gasteiger partial charge >= 0.3 is 0 Å². The van der Waals surface area contributed by atoms with Crippen molar-refractivity contribution in [3.63, 3.8) is 0 Å². The normalized spacial score (nSPS) is 17.1. The summed E-state index contributed by atoms with van der Waals surface area (Å²) in [6, 6.07) is 9.35. The lowest BCUT2D eigenvalue weighted by molar-refractivity contribution is -0.143. The van der Waals surface area contributed by atoms with Crippen LogP contribution in [0.3, 0.4) is 0 Å². The molecule has 1 unspecified atom stereocenters. The number of nitrogens with zero attached hydrogens (tertiary/aromatic N) is 2. The summed E-state index contributed by atoms with van der Waals surface area (Å²) in [5.74, 6) is 0.0546. The number of rotatable bonds is 6. The molecule has 1 fully saturated rings. The van der Waals surface area contributed by atoms with E-state index in [4.69, 9.17) is 5.73 Å². The molecule has 6 heteroatoms. The number of hydrogen-bond acceptors (Lipinski definition) is 3. The maximum atomic E-state index is 12.8. The van der Waals surface area contributed by atoms with Crippen molar-refractivity contribution in [2.75, 3.05) is 26.7 Å². The molecule has 2 N–H and O–H groups in total. The van der Waals surface area contributed by atoms with E-state index in [0.717, 1.165) is 18.4 Å². The molecule has 1 aromatic carbocycles. The Bertz CT molecular complexity index is 577. The molecule has 1 aliphatic heterocycles. The monoisotopic (exact) mass is 367 g/mol. The third kappa shape index (κ3) is 5.72. The SMILES string of the molecule is CN(CC(C)(C)CN)C(=O)C1CCCN1C(=O)Cc1ccccc1.Cl. The van der Waals surface area contributed by atoms with Crippen LogP contribution in [0.1, 0.15) is 32.3 Å². The highest BCUT2D eigenvalue weighted by Gasteiger charge is 2.36. The van der Waals surface area contributed by atoms with Crippen LogP contribution in [0, 0.1) is 5.41 Å². The maximum Gasteiger partial charge on any atom is 0.245 e. The molecule has 140 valence electrons. The first-order valence-electron chi connectivity index (χ1n) is 8.62. The van der Waals surface area contributed by atoms with Gasteiger partial charge in [0.05, 0.1) is 6.42 Å². The van der Waals surface area contributed by atoms with E-state index >= 15 is 0 Å². The van der Waals surface area contributed by atoms with E-state index in [2.05, 4.69) is 0 Å². The minimum Gasteiger partial charge on any atom is -0.343 e. The van der Waals surface area contributed by atoms with Gasteiger partial charge in [0.2, 0.25) is 11.8 Å². The second kappa shape index (κ2) is 9.20. The Balaban J connectivity index is 0.00000312. The van der Waals surface area contributed by atoms with E-state index in [0.29, 0.717) is 26.1 Å². The van der Waals surface area contributed by atoms with Crippen molar-refractivity contribution < 1.29 is 9.59 Å². The van der Waals surface area contributed by atoms with Crippen LogP contribution >= 0.6 is 12.4 Å². The van der Waals surface area contributed by atoms with Gasteiger partial charge in [0.15, 0.2) is 0 Å². The lowest BCUT2D eigenvalue weighted by atomic mass is 9.93. The van der Waals surface area contributed by atoms with E-state index in [1.165, 1.54) is 0 Å². The molecule has 0 aliphatic carbocycles. The van der Waals surface area contributed by atoms with Crippen molar-refractivity contribution in [1.82, 2.24) is 9.80 Å². The second-order valence-electron chi connectivity index (χ2n) is 7.47. The fraction of sp³-hybridized carbons (Fsp3) is 0.579. The lowest BCUT2D eigenvalue weighted by Crippen LogP contribution is -2.49. The van der Waals surface area contributed by atoms with Crippen molar-refractivity contribution in [2.24, 2.45) is 11.1 Å². The van der Waals surface area contributed by atoms with Gasteiger partial charge in [-0.05, 0) is 30.4 Å². The number of likely N-dealkylation sites (tertiary alicyclic amines) is 1. The van der Waals surface area contributed by atoms with Crippen LogP contribution in [-0.4, -0.2) is 54.3 Å². The Labute approximate surface area is 157 Å². The van der Waals surface area contributed by atoms with Crippen molar-refractivity contribution in [2.45, 2.75) is 39.2 Å². The number of benzene rings is 1.